The number of hydrogen-bond donors (Lipinski definition) is 2. The van der Waals surface area contributed by atoms with Crippen molar-refractivity contribution in [3.8, 4) is 0 Å². The highest BCUT2D eigenvalue weighted by atomic mass is 16.5. The maximum atomic E-state index is 11.4. The smallest absolute Gasteiger partial charge is 0.290 e. The van der Waals surface area contributed by atoms with E-state index in [-0.39, 0.29) is 17.7 Å². The van der Waals surface area contributed by atoms with Gasteiger partial charge in [-0.2, -0.15) is 0 Å². The van der Waals surface area contributed by atoms with Crippen molar-refractivity contribution in [3.63, 3.8) is 0 Å². The van der Waals surface area contributed by atoms with E-state index in [9.17, 15) is 4.79 Å². The predicted molar refractivity (Wildman–Crippen MR) is 45.2 cm³/mol. The SMILES string of the molecule is O=C(NC1CCNC1)c1ccno1. The van der Waals surface area contributed by atoms with Crippen molar-refractivity contribution in [3.05, 3.63) is 18.0 Å². The summed E-state index contributed by atoms with van der Waals surface area (Å²) in [4.78, 5) is 11.4. The second-order valence-electron chi connectivity index (χ2n) is 3.04. The van der Waals surface area contributed by atoms with Gasteiger partial charge in [0.15, 0.2) is 0 Å². The third kappa shape index (κ3) is 1.86. The third-order valence-electron chi connectivity index (χ3n) is 2.06. The summed E-state index contributed by atoms with van der Waals surface area (Å²) in [6.07, 6.45) is 2.43. The summed E-state index contributed by atoms with van der Waals surface area (Å²) in [7, 11) is 0. The lowest BCUT2D eigenvalue weighted by Gasteiger charge is -2.08. The molecule has 0 spiro atoms. The minimum Gasteiger partial charge on any atom is -0.351 e. The van der Waals surface area contributed by atoms with Crippen LogP contribution in [0.2, 0.25) is 0 Å². The molecule has 2 rings (SSSR count). The van der Waals surface area contributed by atoms with Crippen molar-refractivity contribution in [1.82, 2.24) is 15.8 Å². The first-order valence-corrected chi connectivity index (χ1v) is 4.28. The maximum absolute atomic E-state index is 11.4. The number of aromatic nitrogens is 1. The van der Waals surface area contributed by atoms with Gasteiger partial charge in [0.25, 0.3) is 5.91 Å². The first-order valence-electron chi connectivity index (χ1n) is 4.28. The highest BCUT2D eigenvalue weighted by molar-refractivity contribution is 5.91. The summed E-state index contributed by atoms with van der Waals surface area (Å²) >= 11 is 0. The van der Waals surface area contributed by atoms with Gasteiger partial charge in [-0.05, 0) is 13.0 Å². The van der Waals surface area contributed by atoms with Crippen LogP contribution in [0.5, 0.6) is 0 Å². The monoisotopic (exact) mass is 181 g/mol. The van der Waals surface area contributed by atoms with Crippen LogP contribution < -0.4 is 10.6 Å². The fourth-order valence-corrected chi connectivity index (χ4v) is 1.37. The summed E-state index contributed by atoms with van der Waals surface area (Å²) in [5, 5.41) is 9.47. The van der Waals surface area contributed by atoms with E-state index in [4.69, 9.17) is 4.52 Å². The standard InChI is InChI=1S/C8H11N3O2/c12-8(7-2-4-10-13-7)11-6-1-3-9-5-6/h2,4,6,9H,1,3,5H2,(H,11,12). The summed E-state index contributed by atoms with van der Waals surface area (Å²) in [5.74, 6) is 0.0816. The normalized spacial score (nSPS) is 21.7. The summed E-state index contributed by atoms with van der Waals surface area (Å²) in [5.41, 5.74) is 0. The minimum absolute atomic E-state index is 0.189. The molecule has 13 heavy (non-hydrogen) atoms. The zero-order valence-corrected chi connectivity index (χ0v) is 7.12. The molecule has 0 aromatic carbocycles. The van der Waals surface area contributed by atoms with Crippen molar-refractivity contribution in [2.75, 3.05) is 13.1 Å². The lowest BCUT2D eigenvalue weighted by molar-refractivity contribution is 0.0903. The van der Waals surface area contributed by atoms with Crippen LogP contribution in [-0.4, -0.2) is 30.2 Å². The Bertz CT molecular complexity index is 278. The molecule has 1 fully saturated rings. The molecule has 70 valence electrons. The molecule has 5 heteroatoms. The maximum Gasteiger partial charge on any atom is 0.290 e. The fourth-order valence-electron chi connectivity index (χ4n) is 1.37. The van der Waals surface area contributed by atoms with Gasteiger partial charge in [0.1, 0.15) is 0 Å². The number of hydrogen-bond acceptors (Lipinski definition) is 4. The van der Waals surface area contributed by atoms with Gasteiger partial charge in [-0.15, -0.1) is 0 Å². The average Bonchev–Trinajstić information content (AvgIpc) is 2.74. The Balaban J connectivity index is 1.91. The van der Waals surface area contributed by atoms with Crippen LogP contribution in [0.3, 0.4) is 0 Å². The molecule has 2 N–H and O–H groups in total. The quantitative estimate of drug-likeness (QED) is 0.661. The fraction of sp³-hybridized carbons (Fsp3) is 0.500. The molecule has 1 aliphatic heterocycles. The molecule has 1 unspecified atom stereocenters. The van der Waals surface area contributed by atoms with Crippen LogP contribution in [0.1, 0.15) is 17.0 Å². The molecule has 5 nitrogen and oxygen atoms in total. The minimum atomic E-state index is -0.189. The van der Waals surface area contributed by atoms with Crippen molar-refractivity contribution < 1.29 is 9.32 Å². The molecule has 0 aliphatic carbocycles. The zero-order chi connectivity index (χ0) is 9.10. The van der Waals surface area contributed by atoms with Crippen LogP contribution in [0, 0.1) is 0 Å². The Morgan fingerprint density at radius 1 is 1.77 bits per heavy atom. The second-order valence-corrected chi connectivity index (χ2v) is 3.04. The number of rotatable bonds is 2. The van der Waals surface area contributed by atoms with Gasteiger partial charge in [0, 0.05) is 18.7 Å². The summed E-state index contributed by atoms with van der Waals surface area (Å²) in [6.45, 7) is 1.79. The lowest BCUT2D eigenvalue weighted by Crippen LogP contribution is -2.35. The molecule has 0 radical (unpaired) electrons. The lowest BCUT2D eigenvalue weighted by atomic mass is 10.2. The van der Waals surface area contributed by atoms with Crippen molar-refractivity contribution in [2.45, 2.75) is 12.5 Å². The Hall–Kier alpha value is -1.36. The largest absolute Gasteiger partial charge is 0.351 e. The van der Waals surface area contributed by atoms with Crippen molar-refractivity contribution >= 4 is 5.91 Å². The Morgan fingerprint density at radius 2 is 2.69 bits per heavy atom. The molecule has 0 saturated carbocycles. The third-order valence-corrected chi connectivity index (χ3v) is 2.06. The molecule has 2 heterocycles. The molecule has 0 bridgehead atoms. The molecule has 1 aliphatic rings. The molecule has 1 saturated heterocycles. The molecule has 1 aromatic rings. The highest BCUT2D eigenvalue weighted by Crippen LogP contribution is 2.01. The Morgan fingerprint density at radius 3 is 3.31 bits per heavy atom. The van der Waals surface area contributed by atoms with E-state index in [2.05, 4.69) is 15.8 Å². The van der Waals surface area contributed by atoms with Gasteiger partial charge < -0.3 is 15.2 Å². The average molecular weight is 181 g/mol. The zero-order valence-electron chi connectivity index (χ0n) is 7.12. The van der Waals surface area contributed by atoms with Gasteiger partial charge in [-0.1, -0.05) is 5.16 Å². The van der Waals surface area contributed by atoms with Crippen LogP contribution in [0.25, 0.3) is 0 Å². The first kappa shape index (κ1) is 8.25. The second kappa shape index (κ2) is 3.57. The number of nitrogens with one attached hydrogen (secondary N) is 2. The van der Waals surface area contributed by atoms with E-state index in [0.717, 1.165) is 19.5 Å². The van der Waals surface area contributed by atoms with Crippen LogP contribution in [0.4, 0.5) is 0 Å². The van der Waals surface area contributed by atoms with Gasteiger partial charge in [0.05, 0.1) is 6.20 Å². The van der Waals surface area contributed by atoms with Gasteiger partial charge in [-0.3, -0.25) is 4.79 Å². The molecule has 1 aromatic heterocycles. The van der Waals surface area contributed by atoms with E-state index in [1.165, 1.54) is 6.20 Å². The topological polar surface area (TPSA) is 67.2 Å². The highest BCUT2D eigenvalue weighted by Gasteiger charge is 2.18. The Kier molecular flexibility index (Phi) is 2.27. The van der Waals surface area contributed by atoms with Crippen LogP contribution in [0.15, 0.2) is 16.8 Å². The van der Waals surface area contributed by atoms with E-state index in [1.54, 1.807) is 6.07 Å². The molecule has 1 atom stereocenters. The van der Waals surface area contributed by atoms with E-state index < -0.39 is 0 Å². The predicted octanol–water partition coefficient (Wildman–Crippen LogP) is -0.234. The molecular formula is C8H11N3O2. The van der Waals surface area contributed by atoms with Crippen LogP contribution in [-0.2, 0) is 0 Å². The number of nitrogens with zero attached hydrogens (tertiary/aromatic N) is 1. The van der Waals surface area contributed by atoms with Gasteiger partial charge in [-0.25, -0.2) is 0 Å². The summed E-state index contributed by atoms with van der Waals surface area (Å²) in [6, 6.07) is 1.77. The van der Waals surface area contributed by atoms with Crippen molar-refractivity contribution in [1.29, 1.82) is 0 Å². The van der Waals surface area contributed by atoms with E-state index >= 15 is 0 Å². The van der Waals surface area contributed by atoms with Gasteiger partial charge in [0.2, 0.25) is 5.76 Å². The van der Waals surface area contributed by atoms with Crippen LogP contribution >= 0.6 is 0 Å². The number of carbonyl (C=O) groups excluding carboxylic acids is 1. The molecule has 1 amide bonds. The summed E-state index contributed by atoms with van der Waals surface area (Å²) < 4.78 is 4.72. The first-order chi connectivity index (χ1) is 6.36. The van der Waals surface area contributed by atoms with E-state index in [1.807, 2.05) is 0 Å². The Labute approximate surface area is 75.5 Å². The van der Waals surface area contributed by atoms with E-state index in [0.29, 0.717) is 0 Å². The molecular weight excluding hydrogens is 170 g/mol. The number of carbonyl (C=O) groups is 1. The number of amides is 1. The van der Waals surface area contributed by atoms with Crippen molar-refractivity contribution in [2.24, 2.45) is 0 Å². The van der Waals surface area contributed by atoms with Gasteiger partial charge >= 0.3 is 0 Å².